The molecule has 78 valence electrons. The lowest BCUT2D eigenvalue weighted by Gasteiger charge is -2.48. The molecule has 0 saturated carbocycles. The van der Waals surface area contributed by atoms with E-state index in [2.05, 4.69) is 6.92 Å². The summed E-state index contributed by atoms with van der Waals surface area (Å²) in [6, 6.07) is 0. The van der Waals surface area contributed by atoms with Crippen LogP contribution in [0, 0.1) is 11.3 Å². The SMILES string of the molecule is CC12C[NH+]3CC[NH+](CC(C3)[C@@]13CO3)C2. The Bertz CT molecular complexity index is 271. The molecule has 0 aromatic heterocycles. The van der Waals surface area contributed by atoms with Crippen LogP contribution in [0.25, 0.3) is 0 Å². The molecule has 2 unspecified atom stereocenters. The molecular formula is C11H20N2O+2. The standard InChI is InChI=1S/C11H18N2O/c1-10-6-12-2-3-13(7-10)5-9(4-12)11(10)8-14-11/h9H,2-8H2,1H3/p+2/t9?,10?,11-/m0/s1. The van der Waals surface area contributed by atoms with Gasteiger partial charge in [-0.05, 0) is 6.92 Å². The molecule has 0 amide bonds. The van der Waals surface area contributed by atoms with Crippen LogP contribution in [0.1, 0.15) is 6.92 Å². The molecule has 5 heterocycles. The Labute approximate surface area is 85.0 Å². The smallest absolute Gasteiger partial charge is 0.127 e. The molecule has 3 nitrogen and oxygen atoms in total. The average molecular weight is 196 g/mol. The summed E-state index contributed by atoms with van der Waals surface area (Å²) < 4.78 is 5.90. The highest BCUT2D eigenvalue weighted by Crippen LogP contribution is 2.51. The van der Waals surface area contributed by atoms with Crippen LogP contribution in [0.4, 0.5) is 0 Å². The summed E-state index contributed by atoms with van der Waals surface area (Å²) in [6.07, 6.45) is 0. The van der Waals surface area contributed by atoms with Gasteiger partial charge < -0.3 is 14.5 Å². The van der Waals surface area contributed by atoms with Crippen molar-refractivity contribution >= 4 is 0 Å². The second-order valence-electron chi connectivity index (χ2n) is 6.20. The van der Waals surface area contributed by atoms with Gasteiger partial charge >= 0.3 is 0 Å². The average Bonchev–Trinajstić information content (AvgIpc) is 2.84. The summed E-state index contributed by atoms with van der Waals surface area (Å²) in [5.74, 6) is 0.863. The van der Waals surface area contributed by atoms with Crippen LogP contribution in [0.2, 0.25) is 0 Å². The summed E-state index contributed by atoms with van der Waals surface area (Å²) in [4.78, 5) is 3.71. The molecule has 5 aliphatic rings. The second-order valence-corrected chi connectivity index (χ2v) is 6.20. The second kappa shape index (κ2) is 2.18. The topological polar surface area (TPSA) is 21.4 Å². The van der Waals surface area contributed by atoms with Crippen LogP contribution in [-0.2, 0) is 4.74 Å². The Kier molecular flexibility index (Phi) is 1.26. The van der Waals surface area contributed by atoms with Gasteiger partial charge in [0.25, 0.3) is 0 Å². The highest BCUT2D eigenvalue weighted by molar-refractivity contribution is 5.13. The zero-order valence-corrected chi connectivity index (χ0v) is 8.94. The molecule has 0 aromatic rings. The van der Waals surface area contributed by atoms with Gasteiger partial charge in [0.05, 0.1) is 44.1 Å². The van der Waals surface area contributed by atoms with E-state index in [1.807, 2.05) is 9.80 Å². The fourth-order valence-electron chi connectivity index (χ4n) is 4.60. The number of piperidine rings is 2. The third kappa shape index (κ3) is 0.765. The van der Waals surface area contributed by atoms with E-state index in [4.69, 9.17) is 4.74 Å². The summed E-state index contributed by atoms with van der Waals surface area (Å²) >= 11 is 0. The largest absolute Gasteiger partial charge is 0.368 e. The maximum atomic E-state index is 5.90. The Morgan fingerprint density at radius 1 is 1.14 bits per heavy atom. The number of epoxide rings is 1. The minimum Gasteiger partial charge on any atom is -0.368 e. The molecule has 3 heteroatoms. The van der Waals surface area contributed by atoms with E-state index in [-0.39, 0.29) is 0 Å². The van der Waals surface area contributed by atoms with Crippen molar-refractivity contribution in [3.05, 3.63) is 0 Å². The van der Waals surface area contributed by atoms with Crippen LogP contribution in [0.15, 0.2) is 0 Å². The number of quaternary nitrogens is 2. The molecule has 5 aliphatic heterocycles. The van der Waals surface area contributed by atoms with Crippen molar-refractivity contribution in [3.8, 4) is 0 Å². The van der Waals surface area contributed by atoms with E-state index < -0.39 is 0 Å². The summed E-state index contributed by atoms with van der Waals surface area (Å²) in [6.45, 7) is 11.9. The van der Waals surface area contributed by atoms with Crippen molar-refractivity contribution in [1.82, 2.24) is 0 Å². The van der Waals surface area contributed by atoms with Gasteiger partial charge in [-0.1, -0.05) is 0 Å². The first-order valence-electron chi connectivity index (χ1n) is 6.03. The first-order chi connectivity index (χ1) is 6.72. The molecule has 5 saturated heterocycles. The first-order valence-corrected chi connectivity index (χ1v) is 6.03. The number of fused-ring (bicyclic) bond motifs is 1. The maximum absolute atomic E-state index is 5.90. The fourth-order valence-corrected chi connectivity index (χ4v) is 4.60. The molecule has 3 atom stereocenters. The van der Waals surface area contributed by atoms with Crippen molar-refractivity contribution in [3.63, 3.8) is 0 Å². The highest BCUT2D eigenvalue weighted by atomic mass is 16.6. The molecule has 0 radical (unpaired) electrons. The van der Waals surface area contributed by atoms with Gasteiger partial charge in [-0.15, -0.1) is 0 Å². The first kappa shape index (κ1) is 8.08. The molecule has 14 heavy (non-hydrogen) atoms. The predicted octanol–water partition coefficient (Wildman–Crippen LogP) is -2.81. The van der Waals surface area contributed by atoms with E-state index in [9.17, 15) is 0 Å². The van der Waals surface area contributed by atoms with E-state index >= 15 is 0 Å². The quantitative estimate of drug-likeness (QED) is 0.401. The van der Waals surface area contributed by atoms with Crippen LogP contribution in [0.3, 0.4) is 0 Å². The lowest BCUT2D eigenvalue weighted by atomic mass is 9.64. The van der Waals surface area contributed by atoms with Crippen LogP contribution in [-0.4, -0.2) is 51.5 Å². The molecule has 0 aliphatic carbocycles. The summed E-state index contributed by atoms with van der Waals surface area (Å²) in [7, 11) is 0. The molecule has 4 bridgehead atoms. The minimum atomic E-state index is 0.338. The fraction of sp³-hybridized carbons (Fsp3) is 1.00. The Morgan fingerprint density at radius 2 is 1.71 bits per heavy atom. The van der Waals surface area contributed by atoms with Crippen LogP contribution < -0.4 is 9.80 Å². The number of ether oxygens (including phenoxy) is 1. The van der Waals surface area contributed by atoms with Crippen LogP contribution >= 0.6 is 0 Å². The van der Waals surface area contributed by atoms with Crippen molar-refractivity contribution in [2.45, 2.75) is 12.5 Å². The number of hydrogen-bond donors (Lipinski definition) is 2. The van der Waals surface area contributed by atoms with E-state index in [1.54, 1.807) is 0 Å². The minimum absolute atomic E-state index is 0.338. The number of nitrogens with one attached hydrogen (secondary N) is 2. The van der Waals surface area contributed by atoms with Crippen LogP contribution in [0.5, 0.6) is 0 Å². The molecular weight excluding hydrogens is 176 g/mol. The van der Waals surface area contributed by atoms with E-state index in [1.165, 1.54) is 39.3 Å². The third-order valence-corrected chi connectivity index (χ3v) is 5.32. The van der Waals surface area contributed by atoms with Gasteiger partial charge in [0.2, 0.25) is 0 Å². The van der Waals surface area contributed by atoms with E-state index in [0.717, 1.165) is 12.5 Å². The molecule has 2 N–H and O–H groups in total. The monoisotopic (exact) mass is 196 g/mol. The molecule has 1 spiro atoms. The molecule has 5 fully saturated rings. The zero-order chi connectivity index (χ0) is 9.39. The normalized spacial score (nSPS) is 64.5. The van der Waals surface area contributed by atoms with Crippen molar-refractivity contribution in [2.24, 2.45) is 11.3 Å². The Balaban J connectivity index is 1.82. The third-order valence-electron chi connectivity index (χ3n) is 5.32. The van der Waals surface area contributed by atoms with Crippen molar-refractivity contribution < 1.29 is 14.5 Å². The molecule has 5 rings (SSSR count). The lowest BCUT2D eigenvalue weighted by molar-refractivity contribution is -0.918. The number of hydrogen-bond acceptors (Lipinski definition) is 1. The zero-order valence-electron chi connectivity index (χ0n) is 8.94. The lowest BCUT2D eigenvalue weighted by Crippen LogP contribution is -3.17. The van der Waals surface area contributed by atoms with Crippen molar-refractivity contribution in [1.29, 1.82) is 0 Å². The van der Waals surface area contributed by atoms with Gasteiger partial charge in [0.15, 0.2) is 0 Å². The maximum Gasteiger partial charge on any atom is 0.127 e. The Morgan fingerprint density at radius 3 is 2.14 bits per heavy atom. The van der Waals surface area contributed by atoms with Gasteiger partial charge in [0, 0.05) is 0 Å². The van der Waals surface area contributed by atoms with Gasteiger partial charge in [0.1, 0.15) is 18.7 Å². The highest BCUT2D eigenvalue weighted by Gasteiger charge is 2.73. The Hall–Kier alpha value is -0.120. The van der Waals surface area contributed by atoms with Gasteiger partial charge in [-0.25, -0.2) is 0 Å². The van der Waals surface area contributed by atoms with E-state index in [0.29, 0.717) is 11.0 Å². The van der Waals surface area contributed by atoms with Gasteiger partial charge in [-0.2, -0.15) is 0 Å². The van der Waals surface area contributed by atoms with Crippen molar-refractivity contribution in [2.75, 3.05) is 45.9 Å². The summed E-state index contributed by atoms with van der Waals surface area (Å²) in [5.41, 5.74) is 0.833. The number of rotatable bonds is 0. The van der Waals surface area contributed by atoms with Gasteiger partial charge in [-0.3, -0.25) is 0 Å². The molecule has 0 aromatic carbocycles. The predicted molar refractivity (Wildman–Crippen MR) is 51.4 cm³/mol. The summed E-state index contributed by atoms with van der Waals surface area (Å²) in [5, 5.41) is 0.